The van der Waals surface area contributed by atoms with E-state index in [9.17, 15) is 10.2 Å². The van der Waals surface area contributed by atoms with Gasteiger partial charge in [-0.2, -0.15) is 0 Å². The Morgan fingerprint density at radius 3 is 2.08 bits per heavy atom. The zero-order chi connectivity index (χ0) is 10.2. The molecule has 6 nitrogen and oxygen atoms in total. The Morgan fingerprint density at radius 2 is 1.77 bits per heavy atom. The molecular formula is C7H14O6. The van der Waals surface area contributed by atoms with Crippen molar-refractivity contribution in [3.63, 3.8) is 0 Å². The average Bonchev–Trinajstić information content (AvgIpc) is 2.72. The molecule has 5 atom stereocenters. The van der Waals surface area contributed by atoms with Crippen LogP contribution in [0.1, 0.15) is 6.42 Å². The molecule has 0 aromatic heterocycles. The summed E-state index contributed by atoms with van der Waals surface area (Å²) in [5.74, 6) is 0. The quantitative estimate of drug-likeness (QED) is 0.277. The molecule has 1 unspecified atom stereocenters. The van der Waals surface area contributed by atoms with E-state index in [2.05, 4.69) is 0 Å². The Morgan fingerprint density at radius 1 is 1.31 bits per heavy atom. The molecule has 1 aliphatic carbocycles. The molecule has 0 aliphatic heterocycles. The van der Waals surface area contributed by atoms with Gasteiger partial charge in [0.2, 0.25) is 0 Å². The second-order valence-corrected chi connectivity index (χ2v) is 3.40. The van der Waals surface area contributed by atoms with Crippen LogP contribution in [0.4, 0.5) is 0 Å². The highest BCUT2D eigenvalue weighted by Gasteiger charge is 2.60. The largest absolute Gasteiger partial charge is 0.394 e. The minimum absolute atomic E-state index is 0.0383. The van der Waals surface area contributed by atoms with Crippen LogP contribution in [-0.4, -0.2) is 67.3 Å². The second-order valence-electron chi connectivity index (χ2n) is 3.40. The summed E-state index contributed by atoms with van der Waals surface area (Å²) in [5.41, 5.74) is -1.74. The fourth-order valence-electron chi connectivity index (χ4n) is 1.18. The zero-order valence-electron chi connectivity index (χ0n) is 6.91. The molecule has 0 saturated heterocycles. The van der Waals surface area contributed by atoms with Crippen molar-refractivity contribution in [3.05, 3.63) is 0 Å². The maximum Gasteiger partial charge on any atom is 0.122 e. The number of hydrogen-bond acceptors (Lipinski definition) is 6. The van der Waals surface area contributed by atoms with E-state index < -0.39 is 36.6 Å². The Labute approximate surface area is 74.7 Å². The van der Waals surface area contributed by atoms with Crippen LogP contribution in [0.25, 0.3) is 0 Å². The summed E-state index contributed by atoms with van der Waals surface area (Å²) < 4.78 is 0. The van der Waals surface area contributed by atoms with Gasteiger partial charge in [0, 0.05) is 6.42 Å². The third-order valence-electron chi connectivity index (χ3n) is 2.35. The summed E-state index contributed by atoms with van der Waals surface area (Å²) in [7, 11) is 0. The van der Waals surface area contributed by atoms with Gasteiger partial charge in [0.15, 0.2) is 0 Å². The standard InChI is InChI=1S/C7H14O6/c8-2-3(9)5(11)6(12)7(13)1-4(7)10/h3-6,8-13H,1-2H2/t3-,4?,5-,6+,7+/m0/s1. The van der Waals surface area contributed by atoms with Gasteiger partial charge in [-0.25, -0.2) is 0 Å². The third kappa shape index (κ3) is 1.83. The molecule has 6 N–H and O–H groups in total. The van der Waals surface area contributed by atoms with Crippen LogP contribution in [0.15, 0.2) is 0 Å². The predicted molar refractivity (Wildman–Crippen MR) is 40.7 cm³/mol. The molecule has 1 saturated carbocycles. The van der Waals surface area contributed by atoms with Gasteiger partial charge in [0.1, 0.15) is 23.9 Å². The summed E-state index contributed by atoms with van der Waals surface area (Å²) in [6, 6.07) is 0. The Bertz CT molecular complexity index is 186. The van der Waals surface area contributed by atoms with E-state index in [-0.39, 0.29) is 6.42 Å². The normalized spacial score (nSPS) is 39.7. The van der Waals surface area contributed by atoms with E-state index in [1.54, 1.807) is 0 Å². The topological polar surface area (TPSA) is 121 Å². The molecule has 0 spiro atoms. The molecule has 1 fully saturated rings. The molecule has 0 aromatic rings. The minimum Gasteiger partial charge on any atom is -0.394 e. The lowest BCUT2D eigenvalue weighted by atomic mass is 10.0. The average molecular weight is 194 g/mol. The first-order chi connectivity index (χ1) is 5.93. The zero-order valence-corrected chi connectivity index (χ0v) is 6.91. The van der Waals surface area contributed by atoms with Gasteiger partial charge in [-0.15, -0.1) is 0 Å². The van der Waals surface area contributed by atoms with Crippen molar-refractivity contribution < 1.29 is 30.6 Å². The van der Waals surface area contributed by atoms with E-state index in [1.165, 1.54) is 0 Å². The minimum atomic E-state index is -1.74. The van der Waals surface area contributed by atoms with Gasteiger partial charge in [0.05, 0.1) is 12.7 Å². The van der Waals surface area contributed by atoms with E-state index >= 15 is 0 Å². The van der Waals surface area contributed by atoms with Gasteiger partial charge >= 0.3 is 0 Å². The van der Waals surface area contributed by atoms with E-state index in [0.29, 0.717) is 0 Å². The monoisotopic (exact) mass is 194 g/mol. The first-order valence-electron chi connectivity index (χ1n) is 3.99. The van der Waals surface area contributed by atoms with Gasteiger partial charge in [-0.05, 0) is 0 Å². The van der Waals surface area contributed by atoms with Gasteiger partial charge in [-0.1, -0.05) is 0 Å². The molecule has 0 heterocycles. The molecule has 6 heteroatoms. The van der Waals surface area contributed by atoms with E-state index in [0.717, 1.165) is 0 Å². The number of rotatable bonds is 4. The van der Waals surface area contributed by atoms with Crippen molar-refractivity contribution in [1.82, 2.24) is 0 Å². The maximum atomic E-state index is 9.33. The van der Waals surface area contributed by atoms with E-state index in [4.69, 9.17) is 20.4 Å². The van der Waals surface area contributed by atoms with Crippen LogP contribution in [0.5, 0.6) is 0 Å². The maximum absolute atomic E-state index is 9.33. The summed E-state index contributed by atoms with van der Waals surface area (Å²) in [5, 5.41) is 54.0. The van der Waals surface area contributed by atoms with Crippen LogP contribution in [-0.2, 0) is 0 Å². The molecular weight excluding hydrogens is 180 g/mol. The highest BCUT2D eigenvalue weighted by molar-refractivity contribution is 5.11. The Hall–Kier alpha value is -0.240. The van der Waals surface area contributed by atoms with Crippen molar-refractivity contribution in [2.24, 2.45) is 0 Å². The summed E-state index contributed by atoms with van der Waals surface area (Å²) in [6.07, 6.45) is -5.95. The molecule has 1 rings (SSSR count). The molecule has 0 bridgehead atoms. The van der Waals surface area contributed by atoms with Crippen LogP contribution in [0, 0.1) is 0 Å². The van der Waals surface area contributed by atoms with Crippen molar-refractivity contribution in [2.45, 2.75) is 36.4 Å². The van der Waals surface area contributed by atoms with Crippen LogP contribution in [0.3, 0.4) is 0 Å². The summed E-state index contributed by atoms with van der Waals surface area (Å²) >= 11 is 0. The highest BCUT2D eigenvalue weighted by Crippen LogP contribution is 2.40. The first-order valence-corrected chi connectivity index (χ1v) is 3.99. The van der Waals surface area contributed by atoms with Crippen LogP contribution < -0.4 is 0 Å². The fourth-order valence-corrected chi connectivity index (χ4v) is 1.18. The van der Waals surface area contributed by atoms with Crippen molar-refractivity contribution in [2.75, 3.05) is 6.61 Å². The highest BCUT2D eigenvalue weighted by atomic mass is 16.4. The Kier molecular flexibility index (Phi) is 2.91. The van der Waals surface area contributed by atoms with Crippen molar-refractivity contribution in [3.8, 4) is 0 Å². The number of hydrogen-bond donors (Lipinski definition) is 6. The number of aliphatic hydroxyl groups excluding tert-OH is 5. The molecule has 13 heavy (non-hydrogen) atoms. The smallest absolute Gasteiger partial charge is 0.122 e. The summed E-state index contributed by atoms with van der Waals surface area (Å²) in [4.78, 5) is 0. The van der Waals surface area contributed by atoms with Crippen molar-refractivity contribution in [1.29, 1.82) is 0 Å². The first kappa shape index (κ1) is 10.8. The molecule has 0 amide bonds. The lowest BCUT2D eigenvalue weighted by Gasteiger charge is -2.25. The van der Waals surface area contributed by atoms with Gasteiger partial charge < -0.3 is 30.6 Å². The fraction of sp³-hybridized carbons (Fsp3) is 1.00. The molecule has 0 radical (unpaired) electrons. The number of aliphatic hydroxyl groups is 6. The Balaban J connectivity index is 2.52. The molecule has 0 aromatic carbocycles. The predicted octanol–water partition coefficient (Wildman–Crippen LogP) is -3.44. The lowest BCUT2D eigenvalue weighted by molar-refractivity contribution is -0.132. The van der Waals surface area contributed by atoms with Gasteiger partial charge in [0.25, 0.3) is 0 Å². The second kappa shape index (κ2) is 3.49. The molecule has 78 valence electrons. The van der Waals surface area contributed by atoms with E-state index in [1.807, 2.05) is 0 Å². The van der Waals surface area contributed by atoms with Crippen LogP contribution >= 0.6 is 0 Å². The summed E-state index contributed by atoms with van der Waals surface area (Å²) in [6.45, 7) is -0.718. The lowest BCUT2D eigenvalue weighted by Crippen LogP contribution is -2.48. The third-order valence-corrected chi connectivity index (χ3v) is 2.35. The van der Waals surface area contributed by atoms with Crippen molar-refractivity contribution >= 4 is 0 Å². The molecule has 1 aliphatic rings. The van der Waals surface area contributed by atoms with Crippen LogP contribution in [0.2, 0.25) is 0 Å². The van der Waals surface area contributed by atoms with Gasteiger partial charge in [-0.3, -0.25) is 0 Å². The SMILES string of the molecule is OC[C@H](O)[C@H](O)[C@@H](O)[C@@]1(O)CC1O.